The summed E-state index contributed by atoms with van der Waals surface area (Å²) in [5.41, 5.74) is 6.10. The number of benzene rings is 1. The number of hydrogen-bond acceptors (Lipinski definition) is 6. The number of sulfone groups is 1. The second kappa shape index (κ2) is 6.84. The zero-order valence-electron chi connectivity index (χ0n) is 13.5. The molecule has 0 spiro atoms. The number of halogens is 1. The lowest BCUT2D eigenvalue weighted by Crippen LogP contribution is -2.44. The number of carbonyl (C=O) groups excluding carboxylic acids is 2. The van der Waals surface area contributed by atoms with Crippen LogP contribution in [-0.2, 0) is 19.4 Å². The Morgan fingerprint density at radius 2 is 1.96 bits per heavy atom. The molecule has 25 heavy (non-hydrogen) atoms. The van der Waals surface area contributed by atoms with Crippen molar-refractivity contribution in [1.29, 1.82) is 0 Å². The molecule has 1 aromatic rings. The van der Waals surface area contributed by atoms with Crippen LogP contribution in [0.4, 0.5) is 5.69 Å². The summed E-state index contributed by atoms with van der Waals surface area (Å²) in [6.45, 7) is -0.422. The van der Waals surface area contributed by atoms with Gasteiger partial charge < -0.3 is 15.4 Å². The van der Waals surface area contributed by atoms with Crippen LogP contribution in [0.25, 0.3) is 0 Å². The summed E-state index contributed by atoms with van der Waals surface area (Å²) in [7, 11) is -3.09. The van der Waals surface area contributed by atoms with Gasteiger partial charge in [0.05, 0.1) is 27.8 Å². The summed E-state index contributed by atoms with van der Waals surface area (Å²) in [6.07, 6.45) is 2.14. The van der Waals surface area contributed by atoms with Gasteiger partial charge in [0.15, 0.2) is 16.4 Å². The first kappa shape index (κ1) is 18.0. The van der Waals surface area contributed by atoms with Crippen molar-refractivity contribution in [2.75, 3.05) is 23.8 Å². The zero-order chi connectivity index (χ0) is 18.2. The molecule has 1 aliphatic heterocycles. The van der Waals surface area contributed by atoms with Crippen molar-refractivity contribution in [1.82, 2.24) is 4.90 Å². The van der Waals surface area contributed by atoms with E-state index >= 15 is 0 Å². The third-order valence-corrected chi connectivity index (χ3v) is 6.48. The Morgan fingerprint density at radius 3 is 2.52 bits per heavy atom. The van der Waals surface area contributed by atoms with Gasteiger partial charge >= 0.3 is 5.97 Å². The van der Waals surface area contributed by atoms with Crippen LogP contribution in [0, 0.1) is 0 Å². The second-order valence-electron chi connectivity index (χ2n) is 6.40. The van der Waals surface area contributed by atoms with Gasteiger partial charge in [0.2, 0.25) is 0 Å². The summed E-state index contributed by atoms with van der Waals surface area (Å²) in [5, 5.41) is 0.329. The number of nitrogens with zero attached hydrogens (tertiary/aromatic N) is 1. The topological polar surface area (TPSA) is 107 Å². The molecule has 1 saturated carbocycles. The van der Waals surface area contributed by atoms with Crippen LogP contribution < -0.4 is 5.73 Å². The Bertz CT molecular complexity index is 807. The first-order valence-electron chi connectivity index (χ1n) is 8.00. The number of nitrogens with two attached hydrogens (primary N) is 1. The van der Waals surface area contributed by atoms with Gasteiger partial charge in [0.25, 0.3) is 5.91 Å². The van der Waals surface area contributed by atoms with E-state index in [-0.39, 0.29) is 40.7 Å². The Balaban J connectivity index is 1.62. The molecule has 2 fully saturated rings. The number of ether oxygens (including phenoxy) is 1. The first-order chi connectivity index (χ1) is 11.8. The van der Waals surface area contributed by atoms with Crippen molar-refractivity contribution in [3.05, 3.63) is 28.8 Å². The number of nitrogen functional groups attached to an aromatic ring is 1. The number of esters is 1. The number of carbonyl (C=O) groups is 2. The van der Waals surface area contributed by atoms with Crippen LogP contribution in [0.2, 0.25) is 5.02 Å². The third-order valence-electron chi connectivity index (χ3n) is 4.39. The van der Waals surface area contributed by atoms with Crippen molar-refractivity contribution < 1.29 is 22.7 Å². The van der Waals surface area contributed by atoms with E-state index in [1.54, 1.807) is 4.90 Å². The smallest absolute Gasteiger partial charge is 0.338 e. The molecule has 1 amide bonds. The number of anilines is 1. The lowest BCUT2D eigenvalue weighted by Gasteiger charge is -2.28. The number of amides is 1. The molecular weight excluding hydrogens is 368 g/mol. The summed E-state index contributed by atoms with van der Waals surface area (Å²) >= 11 is 5.80. The Labute approximate surface area is 151 Å². The molecule has 136 valence electrons. The van der Waals surface area contributed by atoms with E-state index in [1.807, 2.05) is 0 Å². The molecular formula is C16H19ClN2O5S. The highest BCUT2D eigenvalue weighted by molar-refractivity contribution is 7.91. The molecule has 0 radical (unpaired) electrons. The van der Waals surface area contributed by atoms with E-state index in [4.69, 9.17) is 22.1 Å². The average Bonchev–Trinajstić information content (AvgIpc) is 3.31. The van der Waals surface area contributed by atoms with Gasteiger partial charge in [-0.1, -0.05) is 11.6 Å². The highest BCUT2D eigenvalue weighted by Gasteiger charge is 2.42. The summed E-state index contributed by atoms with van der Waals surface area (Å²) in [6, 6.07) is 4.06. The second-order valence-corrected chi connectivity index (χ2v) is 9.04. The molecule has 3 rings (SSSR count). The molecule has 1 aliphatic carbocycles. The lowest BCUT2D eigenvalue weighted by atomic mass is 10.2. The standard InChI is InChI=1S/C16H19ClN2O5S/c17-13-4-1-10(7-14(13)18)16(21)24-8-15(20)19(11-2-3-11)12-5-6-25(22,23)9-12/h1,4,7,11-12H,2-3,5-6,8-9,18H2/t12-/m0/s1. The minimum absolute atomic E-state index is 0.0170. The fourth-order valence-electron chi connectivity index (χ4n) is 3.01. The van der Waals surface area contributed by atoms with Crippen LogP contribution in [0.3, 0.4) is 0 Å². The first-order valence-corrected chi connectivity index (χ1v) is 10.2. The predicted octanol–water partition coefficient (Wildman–Crippen LogP) is 1.26. The molecule has 0 aromatic heterocycles. The van der Waals surface area contributed by atoms with Crippen molar-refractivity contribution in [2.45, 2.75) is 31.3 Å². The number of rotatable bonds is 5. The number of hydrogen-bond donors (Lipinski definition) is 1. The molecule has 1 aromatic carbocycles. The van der Waals surface area contributed by atoms with Gasteiger partial charge in [0, 0.05) is 12.1 Å². The lowest BCUT2D eigenvalue weighted by molar-refractivity contribution is -0.137. The molecule has 2 aliphatic rings. The quantitative estimate of drug-likeness (QED) is 0.603. The summed E-state index contributed by atoms with van der Waals surface area (Å²) in [4.78, 5) is 26.1. The van der Waals surface area contributed by atoms with Crippen LogP contribution in [-0.4, -0.2) is 55.4 Å². The van der Waals surface area contributed by atoms with E-state index in [0.717, 1.165) is 12.8 Å². The van der Waals surface area contributed by atoms with Gasteiger partial charge in [-0.3, -0.25) is 4.79 Å². The van der Waals surface area contributed by atoms with Crippen molar-refractivity contribution in [2.24, 2.45) is 0 Å². The summed E-state index contributed by atoms with van der Waals surface area (Å²) in [5.74, 6) is -0.957. The molecule has 1 atom stereocenters. The van der Waals surface area contributed by atoms with E-state index in [0.29, 0.717) is 11.4 Å². The van der Waals surface area contributed by atoms with E-state index in [9.17, 15) is 18.0 Å². The fraction of sp³-hybridized carbons (Fsp3) is 0.500. The average molecular weight is 387 g/mol. The fourth-order valence-corrected chi connectivity index (χ4v) is 4.84. The van der Waals surface area contributed by atoms with Crippen LogP contribution in [0.5, 0.6) is 0 Å². The normalized spacial score (nSPS) is 21.7. The molecule has 7 nitrogen and oxygen atoms in total. The Hall–Kier alpha value is -1.80. The molecule has 1 saturated heterocycles. The predicted molar refractivity (Wildman–Crippen MR) is 93.1 cm³/mol. The van der Waals surface area contributed by atoms with Crippen LogP contribution in [0.15, 0.2) is 18.2 Å². The maximum Gasteiger partial charge on any atom is 0.338 e. The maximum atomic E-state index is 12.5. The summed E-state index contributed by atoms with van der Waals surface area (Å²) < 4.78 is 28.4. The van der Waals surface area contributed by atoms with Gasteiger partial charge in [-0.05, 0) is 37.5 Å². The third kappa shape index (κ3) is 4.24. The molecule has 9 heteroatoms. The minimum Gasteiger partial charge on any atom is -0.452 e. The highest BCUT2D eigenvalue weighted by atomic mass is 35.5. The largest absolute Gasteiger partial charge is 0.452 e. The Morgan fingerprint density at radius 1 is 1.24 bits per heavy atom. The zero-order valence-corrected chi connectivity index (χ0v) is 15.1. The molecule has 0 unspecified atom stereocenters. The van der Waals surface area contributed by atoms with Crippen molar-refractivity contribution in [3.63, 3.8) is 0 Å². The monoisotopic (exact) mass is 386 g/mol. The minimum atomic E-state index is -3.09. The molecule has 0 bridgehead atoms. The van der Waals surface area contributed by atoms with E-state index in [1.165, 1.54) is 18.2 Å². The van der Waals surface area contributed by atoms with Crippen molar-refractivity contribution >= 4 is 39.0 Å². The van der Waals surface area contributed by atoms with Crippen molar-refractivity contribution in [3.8, 4) is 0 Å². The highest BCUT2D eigenvalue weighted by Crippen LogP contribution is 2.32. The molecule has 1 heterocycles. The van der Waals surface area contributed by atoms with Gasteiger partial charge in [-0.2, -0.15) is 0 Å². The van der Waals surface area contributed by atoms with Gasteiger partial charge in [0.1, 0.15) is 0 Å². The van der Waals surface area contributed by atoms with E-state index < -0.39 is 22.4 Å². The van der Waals surface area contributed by atoms with Crippen LogP contribution >= 0.6 is 11.6 Å². The van der Waals surface area contributed by atoms with Crippen LogP contribution in [0.1, 0.15) is 29.6 Å². The SMILES string of the molecule is Nc1cc(C(=O)OCC(=O)N(C2CC2)[C@H]2CCS(=O)(=O)C2)ccc1Cl. The Kier molecular flexibility index (Phi) is 4.92. The van der Waals surface area contributed by atoms with Gasteiger partial charge in [-0.15, -0.1) is 0 Å². The van der Waals surface area contributed by atoms with Gasteiger partial charge in [-0.25, -0.2) is 13.2 Å². The van der Waals surface area contributed by atoms with E-state index in [2.05, 4.69) is 0 Å². The molecule has 2 N–H and O–H groups in total. The maximum absolute atomic E-state index is 12.5.